The molecule has 4 aromatic rings. The Hall–Kier alpha value is -3.40. The van der Waals surface area contributed by atoms with Gasteiger partial charge in [-0.1, -0.05) is 0 Å². The molecule has 0 atom stereocenters. The molecule has 0 N–H and O–H groups in total. The van der Waals surface area contributed by atoms with Gasteiger partial charge in [0.2, 0.25) is 0 Å². The van der Waals surface area contributed by atoms with Crippen LogP contribution in [-0.2, 0) is 13.6 Å². The number of piperidine rings is 1. The monoisotopic (exact) mass is 391 g/mol. The molecule has 10 nitrogen and oxygen atoms in total. The molecule has 29 heavy (non-hydrogen) atoms. The van der Waals surface area contributed by atoms with Crippen LogP contribution in [0, 0.1) is 0 Å². The first-order valence-electron chi connectivity index (χ1n) is 9.64. The van der Waals surface area contributed by atoms with E-state index in [-0.39, 0.29) is 5.56 Å². The molecule has 10 heteroatoms. The molecule has 5 rings (SSSR count). The number of fused-ring (bicyclic) bond motifs is 1. The normalized spacial score (nSPS) is 15.9. The van der Waals surface area contributed by atoms with Gasteiger partial charge in [0.1, 0.15) is 0 Å². The fourth-order valence-corrected chi connectivity index (χ4v) is 3.78. The Morgan fingerprint density at radius 3 is 2.76 bits per heavy atom. The first-order chi connectivity index (χ1) is 14.2. The van der Waals surface area contributed by atoms with E-state index >= 15 is 0 Å². The van der Waals surface area contributed by atoms with Crippen LogP contribution in [0.3, 0.4) is 0 Å². The number of aryl methyl sites for hydroxylation is 1. The fraction of sp³-hybridized carbons (Fsp3) is 0.368. The Labute approximate surface area is 166 Å². The molecular weight excluding hydrogens is 370 g/mol. The van der Waals surface area contributed by atoms with Crippen molar-refractivity contribution in [1.82, 2.24) is 44.3 Å². The second-order valence-electron chi connectivity index (χ2n) is 7.35. The number of hydrogen-bond donors (Lipinski definition) is 0. The average Bonchev–Trinajstić information content (AvgIpc) is 3.41. The number of nitrogens with zero attached hydrogens (tertiary/aromatic N) is 9. The largest absolute Gasteiger partial charge is 0.299 e. The van der Waals surface area contributed by atoms with Crippen molar-refractivity contribution in [2.24, 2.45) is 7.05 Å². The number of likely N-dealkylation sites (tertiary alicyclic amines) is 1. The van der Waals surface area contributed by atoms with Crippen molar-refractivity contribution >= 4 is 5.65 Å². The van der Waals surface area contributed by atoms with Gasteiger partial charge in [-0.05, 0) is 49.7 Å². The zero-order valence-corrected chi connectivity index (χ0v) is 16.1. The van der Waals surface area contributed by atoms with Crippen LogP contribution in [0.4, 0.5) is 0 Å². The van der Waals surface area contributed by atoms with Gasteiger partial charge >= 0.3 is 0 Å². The predicted octanol–water partition coefficient (Wildman–Crippen LogP) is 0.783. The third-order valence-corrected chi connectivity index (χ3v) is 5.40. The molecule has 1 saturated heterocycles. The molecular formula is C19H21N9O. The lowest BCUT2D eigenvalue weighted by molar-refractivity contribution is 0.200. The van der Waals surface area contributed by atoms with Crippen molar-refractivity contribution in [3.8, 4) is 5.82 Å². The summed E-state index contributed by atoms with van der Waals surface area (Å²) >= 11 is 0. The maximum Gasteiger partial charge on any atom is 0.266 e. The minimum atomic E-state index is -0.0774. The third kappa shape index (κ3) is 3.42. The number of rotatable bonds is 4. The first kappa shape index (κ1) is 17.7. The molecule has 1 aliphatic rings. The van der Waals surface area contributed by atoms with Crippen molar-refractivity contribution < 1.29 is 0 Å². The summed E-state index contributed by atoms with van der Waals surface area (Å²) < 4.78 is 4.91. The standard InChI is InChI=1S/C19H21N9O/c1-25-18(29)11-14(12-21-25)13-26-9-5-15(6-10-26)19-23-22-16-3-4-17(24-28(16)19)27-8-2-7-20-27/h2-4,7-8,11-12,15H,5-6,9-10,13H2,1H3. The second-order valence-corrected chi connectivity index (χ2v) is 7.35. The molecule has 0 radical (unpaired) electrons. The first-order valence-corrected chi connectivity index (χ1v) is 9.64. The van der Waals surface area contributed by atoms with Crippen molar-refractivity contribution in [2.75, 3.05) is 13.1 Å². The smallest absolute Gasteiger partial charge is 0.266 e. The SMILES string of the molecule is Cn1ncc(CN2CCC(c3nnc4ccc(-n5cccn5)nn34)CC2)cc1=O. The van der Waals surface area contributed by atoms with Gasteiger partial charge in [-0.2, -0.15) is 14.7 Å². The van der Waals surface area contributed by atoms with Gasteiger partial charge in [0, 0.05) is 38.0 Å². The van der Waals surface area contributed by atoms with E-state index in [1.807, 2.05) is 28.9 Å². The van der Waals surface area contributed by atoms with Gasteiger partial charge in [0.05, 0.1) is 6.20 Å². The zero-order chi connectivity index (χ0) is 19.8. The number of aromatic nitrogens is 8. The van der Waals surface area contributed by atoms with E-state index in [1.165, 1.54) is 4.68 Å². The van der Waals surface area contributed by atoms with Crippen molar-refractivity contribution in [1.29, 1.82) is 0 Å². The van der Waals surface area contributed by atoms with E-state index < -0.39 is 0 Å². The van der Waals surface area contributed by atoms with Crippen LogP contribution in [0.1, 0.15) is 30.1 Å². The Morgan fingerprint density at radius 2 is 2.00 bits per heavy atom. The van der Waals surface area contributed by atoms with Crippen LogP contribution in [0.15, 0.2) is 47.7 Å². The highest BCUT2D eigenvalue weighted by Crippen LogP contribution is 2.27. The lowest BCUT2D eigenvalue weighted by Gasteiger charge is -2.30. The summed E-state index contributed by atoms with van der Waals surface area (Å²) in [5.41, 5.74) is 1.61. The van der Waals surface area contributed by atoms with Crippen LogP contribution < -0.4 is 5.56 Å². The molecule has 148 valence electrons. The zero-order valence-electron chi connectivity index (χ0n) is 16.1. The highest BCUT2D eigenvalue weighted by Gasteiger charge is 2.25. The third-order valence-electron chi connectivity index (χ3n) is 5.40. The van der Waals surface area contributed by atoms with Crippen LogP contribution >= 0.6 is 0 Å². The molecule has 0 amide bonds. The van der Waals surface area contributed by atoms with Gasteiger partial charge in [0.25, 0.3) is 5.56 Å². The summed E-state index contributed by atoms with van der Waals surface area (Å²) in [7, 11) is 1.66. The van der Waals surface area contributed by atoms with Crippen molar-refractivity contribution in [3.05, 3.63) is 64.6 Å². The molecule has 0 spiro atoms. The lowest BCUT2D eigenvalue weighted by atomic mass is 9.96. The minimum absolute atomic E-state index is 0.0774. The maximum absolute atomic E-state index is 11.8. The fourth-order valence-electron chi connectivity index (χ4n) is 3.78. The van der Waals surface area contributed by atoms with Gasteiger partial charge in [-0.15, -0.1) is 15.3 Å². The average molecular weight is 391 g/mol. The second kappa shape index (κ2) is 7.21. The highest BCUT2D eigenvalue weighted by atomic mass is 16.1. The van der Waals surface area contributed by atoms with E-state index in [1.54, 1.807) is 30.2 Å². The summed E-state index contributed by atoms with van der Waals surface area (Å²) in [5.74, 6) is 1.92. The highest BCUT2D eigenvalue weighted by molar-refractivity contribution is 5.39. The van der Waals surface area contributed by atoms with Gasteiger partial charge < -0.3 is 0 Å². The van der Waals surface area contributed by atoms with Crippen LogP contribution in [0.2, 0.25) is 0 Å². The Kier molecular flexibility index (Phi) is 4.39. The summed E-state index contributed by atoms with van der Waals surface area (Å²) in [6, 6.07) is 7.33. The van der Waals surface area contributed by atoms with E-state index in [9.17, 15) is 4.79 Å². The molecule has 5 heterocycles. The quantitative estimate of drug-likeness (QED) is 0.507. The summed E-state index contributed by atoms with van der Waals surface area (Å²) in [4.78, 5) is 14.1. The van der Waals surface area contributed by atoms with E-state index in [2.05, 4.69) is 25.3 Å². The summed E-state index contributed by atoms with van der Waals surface area (Å²) in [6.45, 7) is 2.58. The van der Waals surface area contributed by atoms with Crippen LogP contribution in [-0.4, -0.2) is 57.4 Å². The van der Waals surface area contributed by atoms with E-state index in [0.29, 0.717) is 5.92 Å². The molecule has 1 aliphatic heterocycles. The molecule has 0 aliphatic carbocycles. The lowest BCUT2D eigenvalue weighted by Crippen LogP contribution is -2.33. The Morgan fingerprint density at radius 1 is 1.14 bits per heavy atom. The molecule has 0 unspecified atom stereocenters. The number of hydrogen-bond acceptors (Lipinski definition) is 7. The van der Waals surface area contributed by atoms with Crippen LogP contribution in [0.5, 0.6) is 0 Å². The summed E-state index contributed by atoms with van der Waals surface area (Å²) in [6.07, 6.45) is 7.29. The molecule has 0 saturated carbocycles. The summed E-state index contributed by atoms with van der Waals surface area (Å²) in [5, 5.41) is 21.7. The van der Waals surface area contributed by atoms with Gasteiger partial charge in [-0.25, -0.2) is 9.36 Å². The van der Waals surface area contributed by atoms with Gasteiger partial charge in [0.15, 0.2) is 17.3 Å². The van der Waals surface area contributed by atoms with Crippen molar-refractivity contribution in [3.63, 3.8) is 0 Å². The Bertz CT molecular complexity index is 1190. The van der Waals surface area contributed by atoms with Crippen LogP contribution in [0.25, 0.3) is 11.5 Å². The van der Waals surface area contributed by atoms with Crippen molar-refractivity contribution in [2.45, 2.75) is 25.3 Å². The molecule has 0 aromatic carbocycles. The van der Waals surface area contributed by atoms with Gasteiger partial charge in [-0.3, -0.25) is 9.69 Å². The Balaban J connectivity index is 1.31. The topological polar surface area (TPSA) is 99.0 Å². The molecule has 1 fully saturated rings. The predicted molar refractivity (Wildman–Crippen MR) is 105 cm³/mol. The maximum atomic E-state index is 11.8. The molecule has 0 bridgehead atoms. The van der Waals surface area contributed by atoms with E-state index in [4.69, 9.17) is 5.10 Å². The van der Waals surface area contributed by atoms with E-state index in [0.717, 1.165) is 55.3 Å². The minimum Gasteiger partial charge on any atom is -0.299 e. The molecule has 4 aromatic heterocycles.